The number of aliphatic hydroxyl groups is 1. The predicted molar refractivity (Wildman–Crippen MR) is 116 cm³/mol. The van der Waals surface area contributed by atoms with Crippen LogP contribution in [0.4, 0.5) is 11.5 Å². The molecule has 1 saturated carbocycles. The molecule has 3 heterocycles. The first-order valence-electron chi connectivity index (χ1n) is 11.0. The average Bonchev–Trinajstić information content (AvgIpc) is 3.35. The highest BCUT2D eigenvalue weighted by Gasteiger charge is 2.43. The molecule has 5 rings (SSSR count). The lowest BCUT2D eigenvalue weighted by Crippen LogP contribution is -2.47. The fourth-order valence-electron chi connectivity index (χ4n) is 5.56. The van der Waals surface area contributed by atoms with Gasteiger partial charge in [0.25, 0.3) is 0 Å². The van der Waals surface area contributed by atoms with E-state index in [1.54, 1.807) is 0 Å². The number of anilines is 2. The molecule has 1 atom stereocenters. The molecule has 0 amide bonds. The first-order valence-corrected chi connectivity index (χ1v) is 11.0. The van der Waals surface area contributed by atoms with E-state index in [9.17, 15) is 5.11 Å². The second-order valence-corrected chi connectivity index (χ2v) is 8.98. The normalized spacial score (nSPS) is 22.7. The number of rotatable bonds is 3. The Balaban J connectivity index is 1.43. The SMILES string of the molecule is Cc1nc(N2CCC3(CCC[C@H]3N)CC2)c(CO)nc1-c1ccc2c(c1)NCC2. The Morgan fingerprint density at radius 1 is 1.24 bits per heavy atom. The van der Waals surface area contributed by atoms with E-state index >= 15 is 0 Å². The summed E-state index contributed by atoms with van der Waals surface area (Å²) in [5.74, 6) is 0.842. The van der Waals surface area contributed by atoms with Gasteiger partial charge < -0.3 is 21.1 Å². The molecule has 154 valence electrons. The number of nitrogens with one attached hydrogen (secondary N) is 1. The molecule has 4 N–H and O–H groups in total. The van der Waals surface area contributed by atoms with Crippen molar-refractivity contribution in [2.45, 2.75) is 58.1 Å². The van der Waals surface area contributed by atoms with Crippen LogP contribution in [0, 0.1) is 12.3 Å². The van der Waals surface area contributed by atoms with Crippen LogP contribution in [-0.2, 0) is 13.0 Å². The third-order valence-corrected chi connectivity index (χ3v) is 7.40. The molecule has 1 aliphatic carbocycles. The fourth-order valence-corrected chi connectivity index (χ4v) is 5.56. The van der Waals surface area contributed by atoms with Gasteiger partial charge in [-0.3, -0.25) is 0 Å². The fraction of sp³-hybridized carbons (Fsp3) is 0.565. The number of hydrogen-bond acceptors (Lipinski definition) is 6. The van der Waals surface area contributed by atoms with Gasteiger partial charge in [-0.1, -0.05) is 18.6 Å². The molecule has 0 unspecified atom stereocenters. The zero-order valence-electron chi connectivity index (χ0n) is 17.2. The summed E-state index contributed by atoms with van der Waals surface area (Å²) in [5.41, 5.74) is 12.8. The topological polar surface area (TPSA) is 87.3 Å². The van der Waals surface area contributed by atoms with E-state index in [0.717, 1.165) is 68.1 Å². The zero-order valence-corrected chi connectivity index (χ0v) is 17.2. The van der Waals surface area contributed by atoms with Crippen LogP contribution in [0.2, 0.25) is 0 Å². The molecule has 29 heavy (non-hydrogen) atoms. The van der Waals surface area contributed by atoms with Gasteiger partial charge in [0.1, 0.15) is 5.69 Å². The standard InChI is InChI=1S/C23H31N5O/c1-15-21(17-5-4-16-6-10-25-18(16)13-17)27-19(14-29)22(26-15)28-11-8-23(9-12-28)7-2-3-20(23)24/h4-5,13,20,25,29H,2-3,6-12,14,24H2,1H3/t20-/m1/s1. The van der Waals surface area contributed by atoms with Crippen molar-refractivity contribution < 1.29 is 5.11 Å². The summed E-state index contributed by atoms with van der Waals surface area (Å²) >= 11 is 0. The minimum atomic E-state index is -0.0973. The Morgan fingerprint density at radius 3 is 2.79 bits per heavy atom. The Labute approximate surface area is 172 Å². The Bertz CT molecular complexity index is 920. The number of nitrogens with two attached hydrogens (primary N) is 1. The Hall–Kier alpha value is -2.18. The molecule has 2 fully saturated rings. The Morgan fingerprint density at radius 2 is 2.07 bits per heavy atom. The van der Waals surface area contributed by atoms with Crippen LogP contribution >= 0.6 is 0 Å². The van der Waals surface area contributed by atoms with Crippen LogP contribution in [0.5, 0.6) is 0 Å². The summed E-state index contributed by atoms with van der Waals surface area (Å²) in [6, 6.07) is 6.79. The van der Waals surface area contributed by atoms with E-state index in [2.05, 4.69) is 28.4 Å². The highest BCUT2D eigenvalue weighted by Crippen LogP contribution is 2.46. The highest BCUT2D eigenvalue weighted by atomic mass is 16.3. The zero-order chi connectivity index (χ0) is 20.0. The predicted octanol–water partition coefficient (Wildman–Crippen LogP) is 3.01. The largest absolute Gasteiger partial charge is 0.390 e. The molecule has 0 bridgehead atoms. The lowest BCUT2D eigenvalue weighted by Gasteiger charge is -2.42. The van der Waals surface area contributed by atoms with Crippen molar-refractivity contribution >= 4 is 11.5 Å². The molecule has 1 spiro atoms. The van der Waals surface area contributed by atoms with Crippen LogP contribution < -0.4 is 16.0 Å². The first-order chi connectivity index (χ1) is 14.1. The van der Waals surface area contributed by atoms with E-state index in [1.807, 2.05) is 6.92 Å². The number of aryl methyl sites for hydroxylation is 1. The summed E-state index contributed by atoms with van der Waals surface area (Å²) in [4.78, 5) is 12.1. The van der Waals surface area contributed by atoms with Crippen LogP contribution in [0.1, 0.15) is 49.1 Å². The summed E-state index contributed by atoms with van der Waals surface area (Å²) in [6.07, 6.45) is 6.96. The summed E-state index contributed by atoms with van der Waals surface area (Å²) < 4.78 is 0. The van der Waals surface area contributed by atoms with E-state index in [-0.39, 0.29) is 6.61 Å². The van der Waals surface area contributed by atoms with Crippen molar-refractivity contribution in [3.63, 3.8) is 0 Å². The molecule has 3 aliphatic rings. The van der Waals surface area contributed by atoms with Crippen LogP contribution in [-0.4, -0.2) is 40.8 Å². The maximum absolute atomic E-state index is 10.1. The van der Waals surface area contributed by atoms with Crippen LogP contribution in [0.25, 0.3) is 11.3 Å². The van der Waals surface area contributed by atoms with Gasteiger partial charge in [0.05, 0.1) is 18.0 Å². The molecule has 1 aromatic carbocycles. The van der Waals surface area contributed by atoms with Crippen molar-refractivity contribution in [1.29, 1.82) is 0 Å². The molecule has 6 heteroatoms. The highest BCUT2D eigenvalue weighted by molar-refractivity contribution is 5.71. The monoisotopic (exact) mass is 393 g/mol. The van der Waals surface area contributed by atoms with Gasteiger partial charge in [-0.25, -0.2) is 9.97 Å². The second-order valence-electron chi connectivity index (χ2n) is 8.98. The lowest BCUT2D eigenvalue weighted by atomic mass is 9.74. The maximum atomic E-state index is 10.1. The van der Waals surface area contributed by atoms with Crippen molar-refractivity contribution in [3.8, 4) is 11.3 Å². The molecule has 1 aromatic heterocycles. The molecule has 1 saturated heterocycles. The molecular formula is C23H31N5O. The van der Waals surface area contributed by atoms with Gasteiger partial charge in [-0.15, -0.1) is 0 Å². The number of piperidine rings is 1. The number of hydrogen-bond donors (Lipinski definition) is 3. The van der Waals surface area contributed by atoms with Crippen LogP contribution in [0.3, 0.4) is 0 Å². The first kappa shape index (κ1) is 18.8. The van der Waals surface area contributed by atoms with E-state index < -0.39 is 0 Å². The average molecular weight is 394 g/mol. The number of aliphatic hydroxyl groups excluding tert-OH is 1. The molecule has 2 aromatic rings. The van der Waals surface area contributed by atoms with Gasteiger partial charge in [0.15, 0.2) is 5.82 Å². The summed E-state index contributed by atoms with van der Waals surface area (Å²) in [5, 5.41) is 13.5. The van der Waals surface area contributed by atoms with Crippen molar-refractivity contribution in [2.24, 2.45) is 11.1 Å². The number of nitrogens with zero attached hydrogens (tertiary/aromatic N) is 3. The third kappa shape index (κ3) is 3.19. The van der Waals surface area contributed by atoms with E-state index in [0.29, 0.717) is 17.2 Å². The van der Waals surface area contributed by atoms with Crippen LogP contribution in [0.15, 0.2) is 18.2 Å². The van der Waals surface area contributed by atoms with Gasteiger partial charge >= 0.3 is 0 Å². The minimum absolute atomic E-state index is 0.0973. The maximum Gasteiger partial charge on any atom is 0.153 e. The van der Waals surface area contributed by atoms with Gasteiger partial charge in [0, 0.05) is 36.9 Å². The second kappa shape index (κ2) is 7.26. The van der Waals surface area contributed by atoms with Crippen molar-refractivity contribution in [1.82, 2.24) is 9.97 Å². The van der Waals surface area contributed by atoms with Gasteiger partial charge in [-0.05, 0) is 56.1 Å². The summed E-state index contributed by atoms with van der Waals surface area (Å²) in [6.45, 7) is 4.80. The van der Waals surface area contributed by atoms with Gasteiger partial charge in [0.2, 0.25) is 0 Å². The molecule has 6 nitrogen and oxygen atoms in total. The number of fused-ring (bicyclic) bond motifs is 1. The van der Waals surface area contributed by atoms with Crippen molar-refractivity contribution in [2.75, 3.05) is 29.9 Å². The number of aromatic nitrogens is 2. The molecular weight excluding hydrogens is 362 g/mol. The smallest absolute Gasteiger partial charge is 0.153 e. The minimum Gasteiger partial charge on any atom is -0.390 e. The van der Waals surface area contributed by atoms with Crippen molar-refractivity contribution in [3.05, 3.63) is 35.2 Å². The lowest BCUT2D eigenvalue weighted by molar-refractivity contribution is 0.196. The molecule has 2 aliphatic heterocycles. The van der Waals surface area contributed by atoms with E-state index in [1.165, 1.54) is 24.1 Å². The third-order valence-electron chi connectivity index (χ3n) is 7.40. The summed E-state index contributed by atoms with van der Waals surface area (Å²) in [7, 11) is 0. The Kier molecular flexibility index (Phi) is 4.71. The number of benzene rings is 1. The quantitative estimate of drug-likeness (QED) is 0.743. The molecule has 0 radical (unpaired) electrons. The van der Waals surface area contributed by atoms with E-state index in [4.69, 9.17) is 15.7 Å². The van der Waals surface area contributed by atoms with Gasteiger partial charge in [-0.2, -0.15) is 0 Å².